The molecular weight excluding hydrogens is 212 g/mol. The average Bonchev–Trinajstić information content (AvgIpc) is 2.72. The summed E-state index contributed by atoms with van der Waals surface area (Å²) < 4.78 is 30.3. The maximum Gasteiger partial charge on any atom is 0.254 e. The zero-order valence-corrected chi connectivity index (χ0v) is 8.91. The van der Waals surface area contributed by atoms with Crippen LogP contribution in [0.15, 0.2) is 34.9 Å². The molecule has 1 aromatic heterocycles. The van der Waals surface area contributed by atoms with Gasteiger partial charge >= 0.3 is 0 Å². The van der Waals surface area contributed by atoms with Crippen LogP contribution in [-0.2, 0) is 6.42 Å². The number of fused-ring (bicyclic) bond motifs is 1. The summed E-state index contributed by atoms with van der Waals surface area (Å²) in [5.41, 5.74) is 1.66. The summed E-state index contributed by atoms with van der Waals surface area (Å²) in [6, 6.07) is 6.53. The quantitative estimate of drug-likeness (QED) is 0.865. The predicted octanol–water partition coefficient (Wildman–Crippen LogP) is 2.83. The van der Waals surface area contributed by atoms with Gasteiger partial charge in [0.05, 0.1) is 12.3 Å². The Morgan fingerprint density at radius 3 is 2.81 bits per heavy atom. The van der Waals surface area contributed by atoms with Crippen molar-refractivity contribution in [2.75, 3.05) is 7.05 Å². The van der Waals surface area contributed by atoms with E-state index in [-0.39, 0.29) is 0 Å². The summed E-state index contributed by atoms with van der Waals surface area (Å²) in [6.07, 6.45) is -0.447. The molecule has 16 heavy (non-hydrogen) atoms. The van der Waals surface area contributed by atoms with Crippen molar-refractivity contribution in [1.29, 1.82) is 0 Å². The number of hydrogen-bond acceptors (Lipinski definition) is 2. The fourth-order valence-electron chi connectivity index (χ4n) is 1.71. The molecule has 1 atom stereocenters. The van der Waals surface area contributed by atoms with E-state index in [0.29, 0.717) is 6.42 Å². The molecule has 0 aliphatic heterocycles. The Bertz CT molecular complexity index is 467. The zero-order valence-electron chi connectivity index (χ0n) is 8.91. The van der Waals surface area contributed by atoms with Crippen LogP contribution in [-0.4, -0.2) is 19.5 Å². The molecule has 86 valence electrons. The fourth-order valence-corrected chi connectivity index (χ4v) is 1.71. The maximum atomic E-state index is 12.6. The number of likely N-dealkylation sites (N-methyl/N-ethyl adjacent to an activating group) is 1. The molecule has 1 N–H and O–H groups in total. The van der Waals surface area contributed by atoms with Crippen LogP contribution in [0.25, 0.3) is 11.0 Å². The van der Waals surface area contributed by atoms with E-state index >= 15 is 0 Å². The lowest BCUT2D eigenvalue weighted by atomic mass is 10.0. The second-order valence-electron chi connectivity index (χ2n) is 3.73. The van der Waals surface area contributed by atoms with Crippen LogP contribution in [0, 0.1) is 0 Å². The molecule has 1 heterocycles. The highest BCUT2D eigenvalue weighted by Gasteiger charge is 2.18. The monoisotopic (exact) mass is 225 g/mol. The van der Waals surface area contributed by atoms with Crippen LogP contribution in [0.3, 0.4) is 0 Å². The molecule has 2 nitrogen and oxygen atoms in total. The minimum Gasteiger partial charge on any atom is -0.464 e. The van der Waals surface area contributed by atoms with Crippen molar-refractivity contribution in [2.24, 2.45) is 0 Å². The molecule has 0 fully saturated rings. The Hall–Kier alpha value is -1.42. The minimum atomic E-state index is -2.36. The number of nitrogens with one attached hydrogen (secondary N) is 1. The Morgan fingerprint density at radius 1 is 1.31 bits per heavy atom. The first-order chi connectivity index (χ1) is 7.70. The van der Waals surface area contributed by atoms with Crippen molar-refractivity contribution in [3.8, 4) is 0 Å². The smallest absolute Gasteiger partial charge is 0.254 e. The van der Waals surface area contributed by atoms with Crippen molar-refractivity contribution in [3.05, 3.63) is 36.1 Å². The Morgan fingerprint density at radius 2 is 2.12 bits per heavy atom. The van der Waals surface area contributed by atoms with Gasteiger partial charge in [-0.15, -0.1) is 0 Å². The van der Waals surface area contributed by atoms with Crippen molar-refractivity contribution < 1.29 is 13.2 Å². The standard InChI is InChI=1S/C12H13F2NO/c1-15-10(12(13)14)7-8-2-3-11-9(6-8)4-5-16-11/h2-6,10,12,15H,7H2,1H3. The van der Waals surface area contributed by atoms with Gasteiger partial charge in [0.25, 0.3) is 6.43 Å². The van der Waals surface area contributed by atoms with Gasteiger partial charge < -0.3 is 9.73 Å². The highest BCUT2D eigenvalue weighted by Crippen LogP contribution is 2.18. The summed E-state index contributed by atoms with van der Waals surface area (Å²) in [7, 11) is 1.55. The number of rotatable bonds is 4. The van der Waals surface area contributed by atoms with Gasteiger partial charge in [-0.1, -0.05) is 6.07 Å². The van der Waals surface area contributed by atoms with Crippen molar-refractivity contribution in [2.45, 2.75) is 18.9 Å². The molecular formula is C12H13F2NO. The predicted molar refractivity (Wildman–Crippen MR) is 58.8 cm³/mol. The summed E-state index contributed by atoms with van der Waals surface area (Å²) >= 11 is 0. The SMILES string of the molecule is CNC(Cc1ccc2occc2c1)C(F)F. The van der Waals surface area contributed by atoms with Gasteiger partial charge in [-0.05, 0) is 37.2 Å². The molecule has 0 aliphatic rings. The average molecular weight is 225 g/mol. The fraction of sp³-hybridized carbons (Fsp3) is 0.333. The van der Waals surface area contributed by atoms with Gasteiger partial charge in [0.1, 0.15) is 5.58 Å². The lowest BCUT2D eigenvalue weighted by molar-refractivity contribution is 0.102. The third-order valence-electron chi connectivity index (χ3n) is 2.65. The normalized spacial score (nSPS) is 13.5. The van der Waals surface area contributed by atoms with Gasteiger partial charge in [-0.2, -0.15) is 0 Å². The van der Waals surface area contributed by atoms with Gasteiger partial charge in [0.15, 0.2) is 0 Å². The lowest BCUT2D eigenvalue weighted by Crippen LogP contribution is -2.34. The highest BCUT2D eigenvalue weighted by molar-refractivity contribution is 5.77. The molecule has 4 heteroatoms. The second-order valence-corrected chi connectivity index (χ2v) is 3.73. The molecule has 0 saturated carbocycles. The summed E-state index contributed by atoms with van der Waals surface area (Å²) in [4.78, 5) is 0. The number of furan rings is 1. The summed E-state index contributed by atoms with van der Waals surface area (Å²) in [6.45, 7) is 0. The van der Waals surface area contributed by atoms with Crippen molar-refractivity contribution >= 4 is 11.0 Å². The first-order valence-electron chi connectivity index (χ1n) is 5.12. The molecule has 2 aromatic rings. The van der Waals surface area contributed by atoms with E-state index in [2.05, 4.69) is 5.32 Å². The second kappa shape index (κ2) is 4.61. The third-order valence-corrected chi connectivity index (χ3v) is 2.65. The molecule has 0 bridgehead atoms. The molecule has 0 spiro atoms. The van der Waals surface area contributed by atoms with Crippen LogP contribution >= 0.6 is 0 Å². The molecule has 0 amide bonds. The lowest BCUT2D eigenvalue weighted by Gasteiger charge is -2.14. The maximum absolute atomic E-state index is 12.6. The van der Waals surface area contributed by atoms with E-state index in [0.717, 1.165) is 16.5 Å². The van der Waals surface area contributed by atoms with Gasteiger partial charge in [0.2, 0.25) is 0 Å². The number of benzene rings is 1. The van der Waals surface area contributed by atoms with E-state index in [4.69, 9.17) is 4.42 Å². The van der Waals surface area contributed by atoms with E-state index < -0.39 is 12.5 Å². The topological polar surface area (TPSA) is 25.2 Å². The molecule has 1 unspecified atom stereocenters. The summed E-state index contributed by atoms with van der Waals surface area (Å²) in [5.74, 6) is 0. The van der Waals surface area contributed by atoms with Crippen LogP contribution in [0.5, 0.6) is 0 Å². The largest absolute Gasteiger partial charge is 0.464 e. The Balaban J connectivity index is 2.19. The van der Waals surface area contributed by atoms with Crippen LogP contribution in [0.2, 0.25) is 0 Å². The molecule has 1 aromatic carbocycles. The van der Waals surface area contributed by atoms with E-state index in [1.807, 2.05) is 24.3 Å². The van der Waals surface area contributed by atoms with Crippen molar-refractivity contribution in [3.63, 3.8) is 0 Å². The minimum absolute atomic E-state index is 0.315. The van der Waals surface area contributed by atoms with E-state index in [1.165, 1.54) is 0 Å². The van der Waals surface area contributed by atoms with Gasteiger partial charge in [-0.3, -0.25) is 0 Å². The third kappa shape index (κ3) is 2.22. The molecule has 0 saturated heterocycles. The summed E-state index contributed by atoms with van der Waals surface area (Å²) in [5, 5.41) is 3.56. The number of halogens is 2. The van der Waals surface area contributed by atoms with Gasteiger partial charge in [0, 0.05) is 5.39 Å². The Kier molecular flexibility index (Phi) is 3.19. The Labute approximate surface area is 92.2 Å². The first kappa shape index (κ1) is 11.1. The van der Waals surface area contributed by atoms with E-state index in [1.54, 1.807) is 13.3 Å². The van der Waals surface area contributed by atoms with E-state index in [9.17, 15) is 8.78 Å². The number of alkyl halides is 2. The van der Waals surface area contributed by atoms with Crippen LogP contribution < -0.4 is 5.32 Å². The zero-order chi connectivity index (χ0) is 11.5. The highest BCUT2D eigenvalue weighted by atomic mass is 19.3. The first-order valence-corrected chi connectivity index (χ1v) is 5.12. The van der Waals surface area contributed by atoms with Gasteiger partial charge in [-0.25, -0.2) is 8.78 Å². The molecule has 0 aliphatic carbocycles. The molecule has 0 radical (unpaired) electrons. The van der Waals surface area contributed by atoms with Crippen LogP contribution in [0.1, 0.15) is 5.56 Å². The van der Waals surface area contributed by atoms with Crippen molar-refractivity contribution in [1.82, 2.24) is 5.32 Å². The van der Waals surface area contributed by atoms with Crippen LogP contribution in [0.4, 0.5) is 8.78 Å². The number of hydrogen-bond donors (Lipinski definition) is 1. The molecule has 2 rings (SSSR count).